The second-order valence-electron chi connectivity index (χ2n) is 4.15. The van der Waals surface area contributed by atoms with Gasteiger partial charge in [-0.3, -0.25) is 9.78 Å². The summed E-state index contributed by atoms with van der Waals surface area (Å²) in [6, 6.07) is 6.51. The van der Waals surface area contributed by atoms with E-state index in [0.29, 0.717) is 11.1 Å². The summed E-state index contributed by atoms with van der Waals surface area (Å²) in [5.41, 5.74) is 2.83. The molecule has 2 rings (SSSR count). The van der Waals surface area contributed by atoms with E-state index in [4.69, 9.17) is 0 Å². The predicted octanol–water partition coefficient (Wildman–Crippen LogP) is 2.66. The number of aromatic hydroxyl groups is 1. The van der Waals surface area contributed by atoms with Crippen molar-refractivity contribution in [1.29, 1.82) is 0 Å². The number of anilines is 1. The number of nitrogens with one attached hydrogen (secondary N) is 1. The Morgan fingerprint density at radius 1 is 1.22 bits per heavy atom. The number of carbonyl (C=O) groups is 1. The van der Waals surface area contributed by atoms with Gasteiger partial charge in [0.15, 0.2) is 0 Å². The second kappa shape index (κ2) is 4.87. The van der Waals surface area contributed by atoms with E-state index in [1.54, 1.807) is 37.5 Å². The zero-order valence-electron chi connectivity index (χ0n) is 10.3. The normalized spacial score (nSPS) is 10.1. The lowest BCUT2D eigenvalue weighted by Gasteiger charge is -2.08. The molecule has 0 aliphatic rings. The zero-order valence-corrected chi connectivity index (χ0v) is 10.3. The molecule has 0 saturated carbocycles. The molecule has 0 spiro atoms. The molecule has 0 fully saturated rings. The molecule has 1 aromatic carbocycles. The molecular formula is C14H14N2O2. The van der Waals surface area contributed by atoms with Crippen LogP contribution < -0.4 is 5.32 Å². The summed E-state index contributed by atoms with van der Waals surface area (Å²) < 4.78 is 0. The van der Waals surface area contributed by atoms with Gasteiger partial charge in [0.25, 0.3) is 5.91 Å². The molecule has 2 N–H and O–H groups in total. The average molecular weight is 242 g/mol. The highest BCUT2D eigenvalue weighted by Crippen LogP contribution is 2.18. The summed E-state index contributed by atoms with van der Waals surface area (Å²) in [4.78, 5) is 16.0. The smallest absolute Gasteiger partial charge is 0.255 e. The Balaban J connectivity index is 2.22. The van der Waals surface area contributed by atoms with Crippen LogP contribution in [0.4, 0.5) is 5.69 Å². The lowest BCUT2D eigenvalue weighted by molar-refractivity contribution is 0.102. The Morgan fingerprint density at radius 2 is 2.00 bits per heavy atom. The number of pyridine rings is 1. The van der Waals surface area contributed by atoms with Gasteiger partial charge in [-0.25, -0.2) is 0 Å². The molecule has 4 heteroatoms. The van der Waals surface area contributed by atoms with Crippen LogP contribution in [0.5, 0.6) is 5.75 Å². The van der Waals surface area contributed by atoms with E-state index in [1.165, 1.54) is 6.07 Å². The van der Waals surface area contributed by atoms with Crippen molar-refractivity contribution in [3.8, 4) is 5.75 Å². The molecule has 4 nitrogen and oxygen atoms in total. The van der Waals surface area contributed by atoms with E-state index in [-0.39, 0.29) is 11.7 Å². The maximum Gasteiger partial charge on any atom is 0.255 e. The minimum atomic E-state index is -0.201. The highest BCUT2D eigenvalue weighted by molar-refractivity contribution is 6.04. The molecule has 18 heavy (non-hydrogen) atoms. The maximum atomic E-state index is 12.0. The van der Waals surface area contributed by atoms with Crippen LogP contribution in [0.15, 0.2) is 36.7 Å². The van der Waals surface area contributed by atoms with Gasteiger partial charge in [0.2, 0.25) is 0 Å². The number of aromatic nitrogens is 1. The van der Waals surface area contributed by atoms with Crippen molar-refractivity contribution < 1.29 is 9.90 Å². The van der Waals surface area contributed by atoms with Gasteiger partial charge < -0.3 is 10.4 Å². The van der Waals surface area contributed by atoms with Crippen LogP contribution in [0.2, 0.25) is 0 Å². The van der Waals surface area contributed by atoms with Gasteiger partial charge in [0.1, 0.15) is 5.75 Å². The van der Waals surface area contributed by atoms with Crippen molar-refractivity contribution in [3.05, 3.63) is 53.3 Å². The minimum Gasteiger partial charge on any atom is -0.508 e. The Morgan fingerprint density at radius 3 is 2.67 bits per heavy atom. The fourth-order valence-electron chi connectivity index (χ4n) is 1.60. The van der Waals surface area contributed by atoms with Crippen molar-refractivity contribution >= 4 is 11.6 Å². The van der Waals surface area contributed by atoms with Gasteiger partial charge >= 0.3 is 0 Å². The third-order valence-electron chi connectivity index (χ3n) is 2.73. The van der Waals surface area contributed by atoms with Crippen LogP contribution in [0.1, 0.15) is 21.5 Å². The Hall–Kier alpha value is -2.36. The molecule has 1 amide bonds. The largest absolute Gasteiger partial charge is 0.508 e. The van der Waals surface area contributed by atoms with Crippen molar-refractivity contribution in [2.24, 2.45) is 0 Å². The van der Waals surface area contributed by atoms with Crippen LogP contribution in [0.3, 0.4) is 0 Å². The molecule has 92 valence electrons. The number of amides is 1. The standard InChI is InChI=1S/C14H14N2O2/c1-9-7-11(3-4-13(9)17)14(18)16-12-5-6-15-8-10(12)2/h3-8,17H,1-2H3,(H,15,16,18). The van der Waals surface area contributed by atoms with Gasteiger partial charge in [-0.05, 0) is 49.2 Å². The second-order valence-corrected chi connectivity index (χ2v) is 4.15. The molecule has 1 aromatic heterocycles. The fraction of sp³-hybridized carbons (Fsp3) is 0.143. The van der Waals surface area contributed by atoms with E-state index in [0.717, 1.165) is 11.3 Å². The first-order valence-electron chi connectivity index (χ1n) is 5.59. The molecule has 0 aliphatic carbocycles. The SMILES string of the molecule is Cc1cc(C(=O)Nc2ccncc2C)ccc1O. The van der Waals surface area contributed by atoms with Crippen LogP contribution in [0, 0.1) is 13.8 Å². The van der Waals surface area contributed by atoms with Gasteiger partial charge in [-0.2, -0.15) is 0 Å². The molecule has 0 radical (unpaired) electrons. The maximum absolute atomic E-state index is 12.0. The van der Waals surface area contributed by atoms with Crippen LogP contribution in [-0.2, 0) is 0 Å². The average Bonchev–Trinajstić information content (AvgIpc) is 2.35. The highest BCUT2D eigenvalue weighted by atomic mass is 16.3. The Labute approximate surface area is 105 Å². The quantitative estimate of drug-likeness (QED) is 0.851. The summed E-state index contributed by atoms with van der Waals surface area (Å²) in [6.07, 6.45) is 3.32. The number of carbonyl (C=O) groups excluding carboxylic acids is 1. The lowest BCUT2D eigenvalue weighted by Crippen LogP contribution is -2.12. The van der Waals surface area contributed by atoms with Gasteiger partial charge in [-0.15, -0.1) is 0 Å². The third kappa shape index (κ3) is 2.48. The molecular weight excluding hydrogens is 228 g/mol. The number of hydrogen-bond acceptors (Lipinski definition) is 3. The number of rotatable bonds is 2. The first-order valence-corrected chi connectivity index (χ1v) is 5.59. The Bertz CT molecular complexity index is 594. The summed E-state index contributed by atoms with van der Waals surface area (Å²) in [5, 5.41) is 12.2. The predicted molar refractivity (Wildman–Crippen MR) is 69.8 cm³/mol. The number of aryl methyl sites for hydroxylation is 2. The van der Waals surface area contributed by atoms with E-state index < -0.39 is 0 Å². The number of nitrogens with zero attached hydrogens (tertiary/aromatic N) is 1. The third-order valence-corrected chi connectivity index (χ3v) is 2.73. The van der Waals surface area contributed by atoms with Gasteiger partial charge in [0.05, 0.1) is 0 Å². The number of phenolic OH excluding ortho intramolecular Hbond substituents is 1. The number of hydrogen-bond donors (Lipinski definition) is 2. The Kier molecular flexibility index (Phi) is 3.28. The lowest BCUT2D eigenvalue weighted by atomic mass is 10.1. The molecule has 1 heterocycles. The molecule has 0 aliphatic heterocycles. The minimum absolute atomic E-state index is 0.187. The van der Waals surface area contributed by atoms with Crippen molar-refractivity contribution in [2.75, 3.05) is 5.32 Å². The van der Waals surface area contributed by atoms with Crippen molar-refractivity contribution in [3.63, 3.8) is 0 Å². The zero-order chi connectivity index (χ0) is 13.1. The van der Waals surface area contributed by atoms with E-state index in [2.05, 4.69) is 10.3 Å². The molecule has 0 saturated heterocycles. The number of phenols is 1. The topological polar surface area (TPSA) is 62.2 Å². The van der Waals surface area contributed by atoms with Crippen LogP contribution >= 0.6 is 0 Å². The van der Waals surface area contributed by atoms with Crippen LogP contribution in [0.25, 0.3) is 0 Å². The van der Waals surface area contributed by atoms with E-state index in [9.17, 15) is 9.90 Å². The highest BCUT2D eigenvalue weighted by Gasteiger charge is 2.08. The summed E-state index contributed by atoms with van der Waals surface area (Å²) in [5.74, 6) is -0.0148. The van der Waals surface area contributed by atoms with E-state index in [1.807, 2.05) is 6.92 Å². The van der Waals surface area contributed by atoms with Crippen molar-refractivity contribution in [2.45, 2.75) is 13.8 Å². The summed E-state index contributed by atoms with van der Waals surface area (Å²) in [6.45, 7) is 3.63. The van der Waals surface area contributed by atoms with E-state index >= 15 is 0 Å². The van der Waals surface area contributed by atoms with Gasteiger partial charge in [-0.1, -0.05) is 0 Å². The van der Waals surface area contributed by atoms with Crippen LogP contribution in [-0.4, -0.2) is 16.0 Å². The molecule has 0 atom stereocenters. The summed E-state index contributed by atoms with van der Waals surface area (Å²) in [7, 11) is 0. The first kappa shape index (κ1) is 12.1. The summed E-state index contributed by atoms with van der Waals surface area (Å²) >= 11 is 0. The monoisotopic (exact) mass is 242 g/mol. The van der Waals surface area contributed by atoms with Gasteiger partial charge in [0, 0.05) is 23.6 Å². The van der Waals surface area contributed by atoms with Crippen molar-refractivity contribution in [1.82, 2.24) is 4.98 Å². The molecule has 2 aromatic rings. The number of benzene rings is 1. The molecule has 0 unspecified atom stereocenters. The fourth-order valence-corrected chi connectivity index (χ4v) is 1.60. The first-order chi connectivity index (χ1) is 8.58. The molecule has 0 bridgehead atoms.